The van der Waals surface area contributed by atoms with E-state index in [0.29, 0.717) is 23.6 Å². The average molecular weight is 382 g/mol. The molecule has 0 spiro atoms. The molecule has 0 heterocycles. The van der Waals surface area contributed by atoms with Gasteiger partial charge in [0.1, 0.15) is 12.0 Å². The van der Waals surface area contributed by atoms with Gasteiger partial charge in [-0.05, 0) is 56.0 Å². The fraction of sp³-hybridized carbons (Fsp3) is 0.500. The zero-order valence-corrected chi connectivity index (χ0v) is 16.0. The quantitative estimate of drug-likeness (QED) is 0.315. The SMILES string of the molecule is CC=C(C=CCc1ccc(NC(O)C2CCCC2C(O)O)cc1Cl)OC. The van der Waals surface area contributed by atoms with E-state index >= 15 is 0 Å². The molecular weight excluding hydrogens is 354 g/mol. The first-order chi connectivity index (χ1) is 12.5. The molecule has 6 heteroatoms. The van der Waals surface area contributed by atoms with Crippen LogP contribution in [0.25, 0.3) is 0 Å². The molecule has 0 bridgehead atoms. The van der Waals surface area contributed by atoms with Gasteiger partial charge in [-0.1, -0.05) is 30.2 Å². The second-order valence-corrected chi connectivity index (χ2v) is 6.98. The Morgan fingerprint density at radius 2 is 2.04 bits per heavy atom. The number of aliphatic hydroxyl groups is 3. The van der Waals surface area contributed by atoms with Crippen LogP contribution in [0.4, 0.5) is 5.69 Å². The van der Waals surface area contributed by atoms with Gasteiger partial charge < -0.3 is 25.4 Å². The number of aliphatic hydroxyl groups excluding tert-OH is 2. The lowest BCUT2D eigenvalue weighted by atomic mass is 9.93. The number of nitrogens with one attached hydrogen (secondary N) is 1. The van der Waals surface area contributed by atoms with E-state index in [0.717, 1.165) is 24.2 Å². The van der Waals surface area contributed by atoms with E-state index in [1.807, 2.05) is 37.3 Å². The molecule has 2 rings (SSSR count). The molecular formula is C20H28ClNO4. The van der Waals surface area contributed by atoms with Crippen LogP contribution in [0.15, 0.2) is 42.2 Å². The van der Waals surface area contributed by atoms with Gasteiger partial charge in [0.2, 0.25) is 0 Å². The number of hydrogen-bond acceptors (Lipinski definition) is 5. The van der Waals surface area contributed by atoms with Crippen LogP contribution in [0, 0.1) is 11.8 Å². The number of hydrogen-bond donors (Lipinski definition) is 4. The van der Waals surface area contributed by atoms with Gasteiger partial charge in [-0.25, -0.2) is 0 Å². The predicted octanol–water partition coefficient (Wildman–Crippen LogP) is 3.45. The molecule has 144 valence electrons. The first-order valence-electron chi connectivity index (χ1n) is 8.92. The fourth-order valence-corrected chi connectivity index (χ4v) is 3.70. The van der Waals surface area contributed by atoms with Crippen LogP contribution in [0.1, 0.15) is 31.7 Å². The van der Waals surface area contributed by atoms with Gasteiger partial charge in [0.05, 0.1) is 7.11 Å². The first kappa shape index (κ1) is 20.8. The van der Waals surface area contributed by atoms with Crippen molar-refractivity contribution < 1.29 is 20.1 Å². The van der Waals surface area contributed by atoms with Gasteiger partial charge in [0.15, 0.2) is 6.29 Å². The van der Waals surface area contributed by atoms with Crippen molar-refractivity contribution in [3.05, 3.63) is 52.8 Å². The van der Waals surface area contributed by atoms with E-state index < -0.39 is 12.5 Å². The number of methoxy groups -OCH3 is 1. The van der Waals surface area contributed by atoms with E-state index in [1.54, 1.807) is 13.2 Å². The Morgan fingerprint density at radius 3 is 2.65 bits per heavy atom. The maximum Gasteiger partial charge on any atom is 0.154 e. The Bertz CT molecular complexity index is 645. The predicted molar refractivity (Wildman–Crippen MR) is 104 cm³/mol. The summed E-state index contributed by atoms with van der Waals surface area (Å²) in [4.78, 5) is 0. The Hall–Kier alpha value is -1.53. The molecule has 1 aliphatic carbocycles. The maximum absolute atomic E-state index is 10.4. The highest BCUT2D eigenvalue weighted by molar-refractivity contribution is 6.31. The van der Waals surface area contributed by atoms with Crippen LogP contribution in [-0.2, 0) is 11.2 Å². The van der Waals surface area contributed by atoms with Gasteiger partial charge in [-0.15, -0.1) is 0 Å². The van der Waals surface area contributed by atoms with Crippen LogP contribution in [0.3, 0.4) is 0 Å². The molecule has 0 amide bonds. The zero-order valence-electron chi connectivity index (χ0n) is 15.2. The van der Waals surface area contributed by atoms with Crippen LogP contribution in [0.5, 0.6) is 0 Å². The molecule has 0 saturated heterocycles. The van der Waals surface area contributed by atoms with Crippen molar-refractivity contribution in [1.29, 1.82) is 0 Å². The van der Waals surface area contributed by atoms with Crippen LogP contribution >= 0.6 is 11.6 Å². The smallest absolute Gasteiger partial charge is 0.154 e. The number of halogens is 1. The van der Waals surface area contributed by atoms with Gasteiger partial charge in [-0.3, -0.25) is 0 Å². The van der Waals surface area contributed by atoms with Crippen molar-refractivity contribution in [3.63, 3.8) is 0 Å². The third-order valence-corrected chi connectivity index (χ3v) is 5.27. The van der Waals surface area contributed by atoms with Crippen molar-refractivity contribution in [3.8, 4) is 0 Å². The molecule has 0 radical (unpaired) electrons. The number of benzene rings is 1. The zero-order chi connectivity index (χ0) is 19.1. The third kappa shape index (κ3) is 5.48. The molecule has 0 aliphatic heterocycles. The third-order valence-electron chi connectivity index (χ3n) is 4.92. The first-order valence-corrected chi connectivity index (χ1v) is 9.30. The standard InChI is InChI=1S/C20H28ClNO4/c1-3-15(26-2)7-4-6-13-10-11-14(12-18(13)21)22-19(23)16-8-5-9-17(16)20(24)25/h3-4,7,10-12,16-17,19-20,22-25H,5-6,8-9H2,1-2H3. The summed E-state index contributed by atoms with van der Waals surface area (Å²) in [6, 6.07) is 5.56. The molecule has 26 heavy (non-hydrogen) atoms. The molecule has 3 unspecified atom stereocenters. The summed E-state index contributed by atoms with van der Waals surface area (Å²) < 4.78 is 5.17. The monoisotopic (exact) mass is 381 g/mol. The second kappa shape index (κ2) is 9.97. The van der Waals surface area contributed by atoms with Gasteiger partial charge >= 0.3 is 0 Å². The van der Waals surface area contributed by atoms with Crippen LogP contribution in [0.2, 0.25) is 5.02 Å². The van der Waals surface area contributed by atoms with Gasteiger partial charge in [0.25, 0.3) is 0 Å². The van der Waals surface area contributed by atoms with Crippen molar-refractivity contribution in [1.82, 2.24) is 0 Å². The Kier molecular flexibility index (Phi) is 7.97. The topological polar surface area (TPSA) is 82.0 Å². The van der Waals surface area contributed by atoms with Gasteiger partial charge in [0, 0.05) is 22.5 Å². The molecule has 4 N–H and O–H groups in total. The minimum Gasteiger partial charge on any atom is -0.497 e. The van der Waals surface area contributed by atoms with E-state index in [9.17, 15) is 15.3 Å². The molecule has 3 atom stereocenters. The summed E-state index contributed by atoms with van der Waals surface area (Å²) in [5.41, 5.74) is 1.68. The lowest BCUT2D eigenvalue weighted by Crippen LogP contribution is -2.36. The normalized spacial score (nSPS) is 22.2. The highest BCUT2D eigenvalue weighted by Gasteiger charge is 2.36. The van der Waals surface area contributed by atoms with Crippen molar-refractivity contribution in [2.75, 3.05) is 12.4 Å². The minimum atomic E-state index is -1.40. The second-order valence-electron chi connectivity index (χ2n) is 6.57. The largest absolute Gasteiger partial charge is 0.497 e. The molecule has 5 nitrogen and oxygen atoms in total. The minimum absolute atomic E-state index is 0.190. The highest BCUT2D eigenvalue weighted by Crippen LogP contribution is 2.36. The molecule has 1 aliphatic rings. The van der Waals surface area contributed by atoms with Gasteiger partial charge in [-0.2, -0.15) is 0 Å². The summed E-state index contributed by atoms with van der Waals surface area (Å²) in [7, 11) is 1.63. The summed E-state index contributed by atoms with van der Waals surface area (Å²) in [6.07, 6.45) is 6.54. The lowest BCUT2D eigenvalue weighted by Gasteiger charge is -2.27. The van der Waals surface area contributed by atoms with E-state index in [-0.39, 0.29) is 11.8 Å². The van der Waals surface area contributed by atoms with E-state index in [4.69, 9.17) is 16.3 Å². The molecule has 1 fully saturated rings. The van der Waals surface area contributed by atoms with Crippen molar-refractivity contribution >= 4 is 17.3 Å². The molecule has 1 aromatic carbocycles. The van der Waals surface area contributed by atoms with E-state index in [2.05, 4.69) is 5.32 Å². The lowest BCUT2D eigenvalue weighted by molar-refractivity contribution is -0.105. The Morgan fingerprint density at radius 1 is 1.31 bits per heavy atom. The fourth-order valence-electron chi connectivity index (χ4n) is 3.44. The average Bonchev–Trinajstić information content (AvgIpc) is 3.10. The molecule has 1 aromatic rings. The van der Waals surface area contributed by atoms with Crippen LogP contribution < -0.4 is 5.32 Å². The number of anilines is 1. The highest BCUT2D eigenvalue weighted by atomic mass is 35.5. The van der Waals surface area contributed by atoms with Crippen molar-refractivity contribution in [2.24, 2.45) is 11.8 Å². The van der Waals surface area contributed by atoms with Crippen molar-refractivity contribution in [2.45, 2.75) is 45.1 Å². The number of ether oxygens (including phenoxy) is 1. The number of rotatable bonds is 8. The number of allylic oxidation sites excluding steroid dienone is 3. The summed E-state index contributed by atoms with van der Waals surface area (Å²) >= 11 is 6.35. The summed E-state index contributed by atoms with van der Waals surface area (Å²) in [5, 5.41) is 33.0. The molecule has 0 aromatic heterocycles. The maximum atomic E-state index is 10.4. The van der Waals surface area contributed by atoms with Crippen LogP contribution in [-0.4, -0.2) is 34.9 Å². The van der Waals surface area contributed by atoms with E-state index in [1.165, 1.54) is 0 Å². The molecule has 1 saturated carbocycles. The Labute approximate surface area is 160 Å². The summed E-state index contributed by atoms with van der Waals surface area (Å²) in [5.74, 6) is 0.295. The Balaban J connectivity index is 1.98. The summed E-state index contributed by atoms with van der Waals surface area (Å²) in [6.45, 7) is 1.91.